The van der Waals surface area contributed by atoms with Crippen LogP contribution in [0.1, 0.15) is 31.7 Å². The van der Waals surface area contributed by atoms with E-state index in [1.165, 1.54) is 6.07 Å². The van der Waals surface area contributed by atoms with E-state index < -0.39 is 11.7 Å². The average molecular weight is 299 g/mol. The molecule has 7 heteroatoms. The summed E-state index contributed by atoms with van der Waals surface area (Å²) >= 11 is 0. The van der Waals surface area contributed by atoms with Gasteiger partial charge in [0.2, 0.25) is 0 Å². The quantitative estimate of drug-likeness (QED) is 0.869. The number of rotatable bonds is 4. The zero-order valence-electron chi connectivity index (χ0n) is 11.7. The lowest BCUT2D eigenvalue weighted by Crippen LogP contribution is -2.05. The van der Waals surface area contributed by atoms with Crippen LogP contribution >= 0.6 is 0 Å². The molecule has 4 nitrogen and oxygen atoms in total. The summed E-state index contributed by atoms with van der Waals surface area (Å²) in [5.74, 6) is 0.957. The molecule has 0 amide bonds. The molecule has 2 N–H and O–H groups in total. The fourth-order valence-corrected chi connectivity index (χ4v) is 1.80. The number of hydrogen-bond acceptors (Lipinski definition) is 4. The SMILES string of the molecule is CC(C)CCc1noc(-c2cc(C(F)(F)F)ccc2N)n1. The molecule has 0 aliphatic carbocycles. The molecule has 1 aromatic carbocycles. The molecule has 0 saturated heterocycles. The van der Waals surface area contributed by atoms with E-state index in [1.807, 2.05) is 0 Å². The summed E-state index contributed by atoms with van der Waals surface area (Å²) in [5, 5.41) is 3.77. The monoisotopic (exact) mass is 299 g/mol. The van der Waals surface area contributed by atoms with Crippen molar-refractivity contribution < 1.29 is 17.7 Å². The van der Waals surface area contributed by atoms with Gasteiger partial charge in [0.05, 0.1) is 11.1 Å². The second kappa shape index (κ2) is 5.75. The Kier molecular flexibility index (Phi) is 4.20. The molecule has 0 fully saturated rings. The minimum atomic E-state index is -4.44. The maximum absolute atomic E-state index is 12.7. The molecule has 0 aliphatic heterocycles. The van der Waals surface area contributed by atoms with E-state index in [0.717, 1.165) is 18.6 Å². The number of hydrogen-bond donors (Lipinski definition) is 1. The largest absolute Gasteiger partial charge is 0.416 e. The van der Waals surface area contributed by atoms with Gasteiger partial charge in [-0.25, -0.2) is 0 Å². The number of alkyl halides is 3. The van der Waals surface area contributed by atoms with Gasteiger partial charge in [-0.15, -0.1) is 0 Å². The number of anilines is 1. The highest BCUT2D eigenvalue weighted by Gasteiger charge is 2.31. The first-order valence-electron chi connectivity index (χ1n) is 6.57. The van der Waals surface area contributed by atoms with Gasteiger partial charge in [0, 0.05) is 12.1 Å². The van der Waals surface area contributed by atoms with Crippen molar-refractivity contribution in [3.05, 3.63) is 29.6 Å². The van der Waals surface area contributed by atoms with Crippen molar-refractivity contribution in [1.82, 2.24) is 10.1 Å². The van der Waals surface area contributed by atoms with Gasteiger partial charge in [-0.1, -0.05) is 19.0 Å². The molecule has 0 atom stereocenters. The third-order valence-electron chi connectivity index (χ3n) is 3.02. The van der Waals surface area contributed by atoms with Crippen molar-refractivity contribution in [1.29, 1.82) is 0 Å². The summed E-state index contributed by atoms with van der Waals surface area (Å²) in [6, 6.07) is 3.04. The Morgan fingerprint density at radius 3 is 2.62 bits per heavy atom. The van der Waals surface area contributed by atoms with Crippen molar-refractivity contribution in [3.63, 3.8) is 0 Å². The Morgan fingerprint density at radius 1 is 1.29 bits per heavy atom. The van der Waals surface area contributed by atoms with Crippen LogP contribution in [0.25, 0.3) is 11.5 Å². The summed E-state index contributed by atoms with van der Waals surface area (Å²) in [6.45, 7) is 4.12. The van der Waals surface area contributed by atoms with Crippen molar-refractivity contribution >= 4 is 5.69 Å². The molecule has 0 bridgehead atoms. The first-order valence-corrected chi connectivity index (χ1v) is 6.57. The van der Waals surface area contributed by atoms with Crippen LogP contribution in [0.15, 0.2) is 22.7 Å². The van der Waals surface area contributed by atoms with Gasteiger partial charge in [-0.2, -0.15) is 18.2 Å². The average Bonchev–Trinajstić information content (AvgIpc) is 2.84. The fourth-order valence-electron chi connectivity index (χ4n) is 1.80. The molecular formula is C14H16F3N3O. The van der Waals surface area contributed by atoms with Crippen LogP contribution in [-0.4, -0.2) is 10.1 Å². The van der Waals surface area contributed by atoms with E-state index in [1.54, 1.807) is 0 Å². The highest BCUT2D eigenvalue weighted by Crippen LogP contribution is 2.34. The summed E-state index contributed by atoms with van der Waals surface area (Å²) in [5.41, 5.74) is 5.18. The maximum Gasteiger partial charge on any atom is 0.416 e. The Bertz CT molecular complexity index is 620. The molecule has 0 saturated carbocycles. The molecule has 2 rings (SSSR count). The second-order valence-corrected chi connectivity index (χ2v) is 5.25. The van der Waals surface area contributed by atoms with E-state index in [2.05, 4.69) is 24.0 Å². The van der Waals surface area contributed by atoms with Crippen LogP contribution in [0.3, 0.4) is 0 Å². The van der Waals surface area contributed by atoms with Gasteiger partial charge in [0.1, 0.15) is 0 Å². The highest BCUT2D eigenvalue weighted by atomic mass is 19.4. The Balaban J connectivity index is 2.29. The summed E-state index contributed by atoms with van der Waals surface area (Å²) < 4.78 is 43.2. The summed E-state index contributed by atoms with van der Waals surface area (Å²) in [4.78, 5) is 4.11. The van der Waals surface area contributed by atoms with Gasteiger partial charge < -0.3 is 10.3 Å². The number of aromatic nitrogens is 2. The topological polar surface area (TPSA) is 64.9 Å². The molecule has 1 aromatic heterocycles. The van der Waals surface area contributed by atoms with Crippen molar-refractivity contribution in [3.8, 4) is 11.5 Å². The number of nitrogen functional groups attached to an aromatic ring is 1. The van der Waals surface area contributed by atoms with Gasteiger partial charge >= 0.3 is 6.18 Å². The molecule has 0 aliphatic rings. The van der Waals surface area contributed by atoms with Crippen LogP contribution in [0.2, 0.25) is 0 Å². The lowest BCUT2D eigenvalue weighted by atomic mass is 10.1. The lowest BCUT2D eigenvalue weighted by Gasteiger charge is -2.08. The fraction of sp³-hybridized carbons (Fsp3) is 0.429. The number of halogens is 3. The van der Waals surface area contributed by atoms with E-state index in [4.69, 9.17) is 10.3 Å². The third-order valence-corrected chi connectivity index (χ3v) is 3.02. The van der Waals surface area contributed by atoms with Crippen LogP contribution < -0.4 is 5.73 Å². The predicted molar refractivity (Wildman–Crippen MR) is 72.3 cm³/mol. The molecule has 0 radical (unpaired) electrons. The van der Waals surface area contributed by atoms with Gasteiger partial charge in [-0.05, 0) is 30.5 Å². The Morgan fingerprint density at radius 2 is 2.00 bits per heavy atom. The molecule has 2 aromatic rings. The molecular weight excluding hydrogens is 283 g/mol. The van der Waals surface area contributed by atoms with E-state index in [0.29, 0.717) is 18.2 Å². The number of nitrogens with zero attached hydrogens (tertiary/aromatic N) is 2. The number of nitrogens with two attached hydrogens (primary N) is 1. The Hall–Kier alpha value is -2.05. The van der Waals surface area contributed by atoms with E-state index in [9.17, 15) is 13.2 Å². The predicted octanol–water partition coefficient (Wildman–Crippen LogP) is 3.93. The number of aryl methyl sites for hydroxylation is 1. The lowest BCUT2D eigenvalue weighted by molar-refractivity contribution is -0.137. The molecule has 21 heavy (non-hydrogen) atoms. The number of benzene rings is 1. The first-order chi connectivity index (χ1) is 9.77. The molecule has 114 valence electrons. The smallest absolute Gasteiger partial charge is 0.398 e. The van der Waals surface area contributed by atoms with Crippen molar-refractivity contribution in [2.75, 3.05) is 5.73 Å². The van der Waals surface area contributed by atoms with E-state index in [-0.39, 0.29) is 17.1 Å². The van der Waals surface area contributed by atoms with Crippen LogP contribution in [0.4, 0.5) is 18.9 Å². The van der Waals surface area contributed by atoms with Gasteiger partial charge in [0.15, 0.2) is 5.82 Å². The minimum absolute atomic E-state index is 0.0114. The third kappa shape index (κ3) is 3.74. The summed E-state index contributed by atoms with van der Waals surface area (Å²) in [6.07, 6.45) is -2.96. The second-order valence-electron chi connectivity index (χ2n) is 5.25. The zero-order chi connectivity index (χ0) is 15.6. The minimum Gasteiger partial charge on any atom is -0.398 e. The standard InChI is InChI=1S/C14H16F3N3O/c1-8(2)3-6-12-19-13(21-20-12)10-7-9(14(15,16)17)4-5-11(10)18/h4-5,7-8H,3,6,18H2,1-2H3. The van der Waals surface area contributed by atoms with Crippen LogP contribution in [0.5, 0.6) is 0 Å². The van der Waals surface area contributed by atoms with Gasteiger partial charge in [-0.3, -0.25) is 0 Å². The molecule has 0 unspecified atom stereocenters. The Labute approximate surface area is 120 Å². The normalized spacial score (nSPS) is 12.1. The molecule has 1 heterocycles. The van der Waals surface area contributed by atoms with Gasteiger partial charge in [0.25, 0.3) is 5.89 Å². The van der Waals surface area contributed by atoms with Crippen LogP contribution in [-0.2, 0) is 12.6 Å². The van der Waals surface area contributed by atoms with Crippen LogP contribution in [0, 0.1) is 5.92 Å². The highest BCUT2D eigenvalue weighted by molar-refractivity contribution is 5.71. The van der Waals surface area contributed by atoms with Crippen molar-refractivity contribution in [2.45, 2.75) is 32.9 Å². The molecule has 0 spiro atoms. The summed E-state index contributed by atoms with van der Waals surface area (Å²) in [7, 11) is 0. The zero-order valence-corrected chi connectivity index (χ0v) is 11.7. The first kappa shape index (κ1) is 15.3. The van der Waals surface area contributed by atoms with Crippen molar-refractivity contribution in [2.24, 2.45) is 5.92 Å². The van der Waals surface area contributed by atoms with E-state index >= 15 is 0 Å². The maximum atomic E-state index is 12.7.